The summed E-state index contributed by atoms with van der Waals surface area (Å²) in [5, 5.41) is 5.33. The first-order valence-electron chi connectivity index (χ1n) is 7.88. The molecule has 24 heavy (non-hydrogen) atoms. The highest BCUT2D eigenvalue weighted by molar-refractivity contribution is 5.98. The molecule has 0 atom stereocenters. The largest absolute Gasteiger partial charge is 0.399 e. The molecular weight excluding hydrogens is 304 g/mol. The highest BCUT2D eigenvalue weighted by Gasteiger charge is 2.23. The van der Waals surface area contributed by atoms with Crippen LogP contribution in [0.25, 0.3) is 0 Å². The highest BCUT2D eigenvalue weighted by Crippen LogP contribution is 2.27. The third-order valence-electron chi connectivity index (χ3n) is 4.02. The Labute approximate surface area is 140 Å². The molecule has 3 rings (SSSR count). The van der Waals surface area contributed by atoms with Gasteiger partial charge in [-0.2, -0.15) is 0 Å². The number of nitrogens with two attached hydrogens (primary N) is 1. The van der Waals surface area contributed by atoms with E-state index in [2.05, 4.69) is 10.6 Å². The molecule has 4 N–H and O–H groups in total. The Kier molecular flexibility index (Phi) is 4.65. The summed E-state index contributed by atoms with van der Waals surface area (Å²) in [6, 6.07) is 14.7. The van der Waals surface area contributed by atoms with E-state index in [1.165, 1.54) is 5.56 Å². The SMILES string of the molecule is Nc1ccc(CNC(=O)NCC(=O)N2CCc3ccccc32)cc1. The second kappa shape index (κ2) is 7.04. The van der Waals surface area contributed by atoms with Crippen molar-refractivity contribution in [3.8, 4) is 0 Å². The van der Waals surface area contributed by atoms with Crippen LogP contribution < -0.4 is 21.3 Å². The zero-order valence-electron chi connectivity index (χ0n) is 13.3. The van der Waals surface area contributed by atoms with E-state index in [9.17, 15) is 9.59 Å². The molecular formula is C18H20N4O2. The van der Waals surface area contributed by atoms with E-state index in [0.717, 1.165) is 17.7 Å². The lowest BCUT2D eigenvalue weighted by Gasteiger charge is -2.17. The maximum absolute atomic E-state index is 12.3. The number of carbonyl (C=O) groups excluding carboxylic acids is 2. The normalized spacial score (nSPS) is 12.6. The number of anilines is 2. The molecule has 0 aromatic heterocycles. The minimum Gasteiger partial charge on any atom is -0.399 e. The zero-order valence-corrected chi connectivity index (χ0v) is 13.3. The number of para-hydroxylation sites is 1. The number of nitrogens with one attached hydrogen (secondary N) is 2. The molecule has 0 spiro atoms. The Morgan fingerprint density at radius 2 is 1.79 bits per heavy atom. The standard InChI is InChI=1S/C18H20N4O2/c19-15-7-5-13(6-8-15)11-20-18(24)21-12-17(23)22-10-9-14-3-1-2-4-16(14)22/h1-8H,9-12,19H2,(H2,20,21,24). The number of hydrogen-bond donors (Lipinski definition) is 3. The number of nitrogens with zero attached hydrogens (tertiary/aromatic N) is 1. The van der Waals surface area contributed by atoms with Crippen LogP contribution in [0.1, 0.15) is 11.1 Å². The molecule has 0 saturated heterocycles. The van der Waals surface area contributed by atoms with Crippen LogP contribution in [0.3, 0.4) is 0 Å². The van der Waals surface area contributed by atoms with Crippen LogP contribution in [-0.4, -0.2) is 25.0 Å². The average molecular weight is 324 g/mol. The van der Waals surface area contributed by atoms with E-state index in [1.807, 2.05) is 36.4 Å². The van der Waals surface area contributed by atoms with Gasteiger partial charge in [-0.15, -0.1) is 0 Å². The molecule has 0 unspecified atom stereocenters. The van der Waals surface area contributed by atoms with Crippen molar-refractivity contribution < 1.29 is 9.59 Å². The molecule has 1 aliphatic rings. The molecule has 1 aliphatic heterocycles. The van der Waals surface area contributed by atoms with Crippen molar-refractivity contribution >= 4 is 23.3 Å². The second-order valence-corrected chi connectivity index (χ2v) is 5.70. The molecule has 2 aromatic carbocycles. The van der Waals surface area contributed by atoms with E-state index >= 15 is 0 Å². The van der Waals surface area contributed by atoms with Crippen molar-refractivity contribution in [2.45, 2.75) is 13.0 Å². The van der Waals surface area contributed by atoms with Gasteiger partial charge in [0, 0.05) is 24.5 Å². The molecule has 1 heterocycles. The van der Waals surface area contributed by atoms with E-state index in [4.69, 9.17) is 5.73 Å². The molecule has 0 bridgehead atoms. The van der Waals surface area contributed by atoms with Gasteiger partial charge >= 0.3 is 6.03 Å². The van der Waals surface area contributed by atoms with Gasteiger partial charge in [-0.1, -0.05) is 30.3 Å². The number of amides is 3. The van der Waals surface area contributed by atoms with Crippen LogP contribution in [0.2, 0.25) is 0 Å². The monoisotopic (exact) mass is 324 g/mol. The smallest absolute Gasteiger partial charge is 0.315 e. The van der Waals surface area contributed by atoms with Gasteiger partial charge in [-0.25, -0.2) is 4.79 Å². The van der Waals surface area contributed by atoms with Gasteiger partial charge in [0.1, 0.15) is 0 Å². The molecule has 6 nitrogen and oxygen atoms in total. The van der Waals surface area contributed by atoms with E-state index in [0.29, 0.717) is 18.8 Å². The third kappa shape index (κ3) is 3.65. The fourth-order valence-corrected chi connectivity index (χ4v) is 2.73. The van der Waals surface area contributed by atoms with Gasteiger partial charge in [0.05, 0.1) is 6.54 Å². The molecule has 124 valence electrons. The maximum Gasteiger partial charge on any atom is 0.315 e. The number of fused-ring (bicyclic) bond motifs is 1. The Bertz CT molecular complexity index is 743. The van der Waals surface area contributed by atoms with Gasteiger partial charge in [0.25, 0.3) is 0 Å². The molecule has 0 fully saturated rings. The summed E-state index contributed by atoms with van der Waals surface area (Å²) >= 11 is 0. The Morgan fingerprint density at radius 1 is 1.04 bits per heavy atom. The summed E-state index contributed by atoms with van der Waals surface area (Å²) in [6.45, 7) is 1.02. The Morgan fingerprint density at radius 3 is 2.58 bits per heavy atom. The van der Waals surface area contributed by atoms with Gasteiger partial charge in [0.2, 0.25) is 5.91 Å². The first-order valence-corrected chi connectivity index (χ1v) is 7.88. The average Bonchev–Trinajstić information content (AvgIpc) is 3.03. The van der Waals surface area contributed by atoms with Crippen molar-refractivity contribution in [1.82, 2.24) is 10.6 Å². The topological polar surface area (TPSA) is 87.5 Å². The van der Waals surface area contributed by atoms with Gasteiger partial charge in [-0.3, -0.25) is 4.79 Å². The van der Waals surface area contributed by atoms with Gasteiger partial charge < -0.3 is 21.3 Å². The first-order chi connectivity index (χ1) is 11.6. The number of carbonyl (C=O) groups is 2. The Hall–Kier alpha value is -3.02. The number of benzene rings is 2. The number of urea groups is 1. The second-order valence-electron chi connectivity index (χ2n) is 5.70. The first kappa shape index (κ1) is 15.9. The fourth-order valence-electron chi connectivity index (χ4n) is 2.73. The van der Waals surface area contributed by atoms with Crippen LogP contribution in [-0.2, 0) is 17.8 Å². The van der Waals surface area contributed by atoms with Gasteiger partial charge in [-0.05, 0) is 35.7 Å². The zero-order chi connectivity index (χ0) is 16.9. The fraction of sp³-hybridized carbons (Fsp3) is 0.222. The van der Waals surface area contributed by atoms with Crippen molar-refractivity contribution in [3.05, 3.63) is 59.7 Å². The maximum atomic E-state index is 12.3. The minimum atomic E-state index is -0.368. The lowest BCUT2D eigenvalue weighted by atomic mass is 10.2. The third-order valence-corrected chi connectivity index (χ3v) is 4.02. The summed E-state index contributed by atoms with van der Waals surface area (Å²) in [7, 11) is 0. The van der Waals surface area contributed by atoms with Crippen LogP contribution in [0.15, 0.2) is 48.5 Å². The van der Waals surface area contributed by atoms with Crippen molar-refractivity contribution in [2.75, 3.05) is 23.7 Å². The lowest BCUT2D eigenvalue weighted by Crippen LogP contribution is -2.43. The quantitative estimate of drug-likeness (QED) is 0.747. The van der Waals surface area contributed by atoms with Crippen LogP contribution in [0.5, 0.6) is 0 Å². The summed E-state index contributed by atoms with van der Waals surface area (Å²) in [5.41, 5.74) is 9.34. The predicted octanol–water partition coefficient (Wildman–Crippen LogP) is 1.66. The minimum absolute atomic E-state index is 0.0259. The van der Waals surface area contributed by atoms with Crippen LogP contribution >= 0.6 is 0 Å². The lowest BCUT2D eigenvalue weighted by molar-refractivity contribution is -0.117. The number of nitrogen functional groups attached to an aromatic ring is 1. The van der Waals surface area contributed by atoms with Crippen LogP contribution in [0.4, 0.5) is 16.2 Å². The van der Waals surface area contributed by atoms with E-state index in [1.54, 1.807) is 17.0 Å². The molecule has 3 amide bonds. The number of rotatable bonds is 4. The van der Waals surface area contributed by atoms with Crippen molar-refractivity contribution in [1.29, 1.82) is 0 Å². The Balaban J connectivity index is 1.46. The summed E-state index contributed by atoms with van der Waals surface area (Å²) in [4.78, 5) is 25.8. The summed E-state index contributed by atoms with van der Waals surface area (Å²) in [6.07, 6.45) is 0.852. The summed E-state index contributed by atoms with van der Waals surface area (Å²) < 4.78 is 0. The van der Waals surface area contributed by atoms with Crippen LogP contribution in [0, 0.1) is 0 Å². The predicted molar refractivity (Wildman–Crippen MR) is 93.6 cm³/mol. The molecule has 6 heteroatoms. The molecule has 0 aliphatic carbocycles. The van der Waals surface area contributed by atoms with Crippen molar-refractivity contribution in [3.63, 3.8) is 0 Å². The molecule has 0 radical (unpaired) electrons. The summed E-state index contributed by atoms with van der Waals surface area (Å²) in [5.74, 6) is -0.109. The highest BCUT2D eigenvalue weighted by atomic mass is 16.2. The number of hydrogen-bond acceptors (Lipinski definition) is 3. The van der Waals surface area contributed by atoms with E-state index in [-0.39, 0.29) is 18.5 Å². The molecule has 2 aromatic rings. The van der Waals surface area contributed by atoms with E-state index < -0.39 is 0 Å². The van der Waals surface area contributed by atoms with Crippen molar-refractivity contribution in [2.24, 2.45) is 0 Å². The van der Waals surface area contributed by atoms with Gasteiger partial charge in [0.15, 0.2) is 0 Å². The molecule has 0 saturated carbocycles.